The molecule has 0 aromatic heterocycles. The maximum absolute atomic E-state index is 13.6. The fourth-order valence-corrected chi connectivity index (χ4v) is 4.45. The van der Waals surface area contributed by atoms with E-state index < -0.39 is 11.7 Å². The maximum atomic E-state index is 13.6. The molecule has 2 aliphatic heterocycles. The van der Waals surface area contributed by atoms with Crippen LogP contribution in [0.15, 0.2) is 54.2 Å². The van der Waals surface area contributed by atoms with Crippen LogP contribution in [0.2, 0.25) is 0 Å². The van der Waals surface area contributed by atoms with E-state index in [4.69, 9.17) is 0 Å². The van der Waals surface area contributed by atoms with E-state index in [1.165, 1.54) is 29.2 Å². The number of hydrogen-bond acceptors (Lipinski definition) is 4. The molecule has 2 aromatic carbocycles. The Bertz CT molecular complexity index is 1050. The van der Waals surface area contributed by atoms with Gasteiger partial charge in [-0.2, -0.15) is 0 Å². The first-order chi connectivity index (χ1) is 15.2. The Balaban J connectivity index is 1.77. The van der Waals surface area contributed by atoms with E-state index in [-0.39, 0.29) is 29.4 Å². The molecule has 5 nitrogen and oxygen atoms in total. The fraction of sp³-hybridized carbons (Fsp3) is 0.385. The zero-order valence-corrected chi connectivity index (χ0v) is 18.8. The second kappa shape index (κ2) is 8.51. The summed E-state index contributed by atoms with van der Waals surface area (Å²) in [7, 11) is 0. The van der Waals surface area contributed by atoms with Gasteiger partial charge in [0.1, 0.15) is 11.5 Å². The van der Waals surface area contributed by atoms with Crippen molar-refractivity contribution in [3.05, 3.63) is 71.2 Å². The molecule has 0 saturated carbocycles. The van der Waals surface area contributed by atoms with Crippen molar-refractivity contribution in [3.63, 3.8) is 0 Å². The van der Waals surface area contributed by atoms with Gasteiger partial charge >= 0.3 is 0 Å². The van der Waals surface area contributed by atoms with Crippen molar-refractivity contribution in [1.29, 1.82) is 0 Å². The number of rotatable bonds is 4. The van der Waals surface area contributed by atoms with Crippen LogP contribution in [0.4, 0.5) is 10.1 Å². The summed E-state index contributed by atoms with van der Waals surface area (Å²) in [6.45, 7) is 7.49. The van der Waals surface area contributed by atoms with E-state index in [1.807, 2.05) is 17.0 Å². The van der Waals surface area contributed by atoms with Crippen LogP contribution in [0.1, 0.15) is 44.7 Å². The third-order valence-corrected chi connectivity index (χ3v) is 6.28. The highest BCUT2D eigenvalue weighted by atomic mass is 19.1. The predicted octanol–water partition coefficient (Wildman–Crippen LogP) is 4.11. The summed E-state index contributed by atoms with van der Waals surface area (Å²) in [5.74, 6) is -1.14. The predicted molar refractivity (Wildman–Crippen MR) is 122 cm³/mol. The largest absolute Gasteiger partial charge is 0.396 e. The molecule has 6 heteroatoms. The summed E-state index contributed by atoms with van der Waals surface area (Å²) in [5, 5.41) is 9.66. The van der Waals surface area contributed by atoms with Gasteiger partial charge in [-0.25, -0.2) is 9.29 Å². The Morgan fingerprint density at radius 3 is 2.25 bits per heavy atom. The van der Waals surface area contributed by atoms with Crippen LogP contribution in [0, 0.1) is 11.7 Å². The van der Waals surface area contributed by atoms with Crippen LogP contribution in [-0.2, 0) is 15.0 Å². The second-order valence-corrected chi connectivity index (χ2v) is 9.61. The molecule has 1 atom stereocenters. The molecule has 168 valence electrons. The Morgan fingerprint density at radius 1 is 1.00 bits per heavy atom. The lowest BCUT2D eigenvalue weighted by Crippen LogP contribution is -2.40. The van der Waals surface area contributed by atoms with Crippen LogP contribution < -0.4 is 4.90 Å². The molecule has 2 aliphatic rings. The van der Waals surface area contributed by atoms with Gasteiger partial charge in [-0.3, -0.25) is 9.59 Å². The summed E-state index contributed by atoms with van der Waals surface area (Å²) in [5.41, 5.74) is 2.70. The van der Waals surface area contributed by atoms with Crippen molar-refractivity contribution >= 4 is 23.1 Å². The van der Waals surface area contributed by atoms with Gasteiger partial charge in [0.25, 0.3) is 11.8 Å². The Kier molecular flexibility index (Phi) is 5.91. The maximum Gasteiger partial charge on any atom is 0.282 e. The van der Waals surface area contributed by atoms with Crippen LogP contribution in [0.3, 0.4) is 0 Å². The molecular weight excluding hydrogens is 407 g/mol. The Hall–Kier alpha value is -2.99. The van der Waals surface area contributed by atoms with Gasteiger partial charge in [-0.1, -0.05) is 45.0 Å². The highest BCUT2D eigenvalue weighted by Crippen LogP contribution is 2.37. The van der Waals surface area contributed by atoms with Crippen molar-refractivity contribution in [1.82, 2.24) is 4.90 Å². The minimum Gasteiger partial charge on any atom is -0.396 e. The number of amides is 2. The van der Waals surface area contributed by atoms with E-state index in [0.29, 0.717) is 30.0 Å². The van der Waals surface area contributed by atoms with E-state index in [9.17, 15) is 19.1 Å². The first kappa shape index (κ1) is 22.2. The minimum atomic E-state index is -0.411. The van der Waals surface area contributed by atoms with Gasteiger partial charge in [0.2, 0.25) is 0 Å². The lowest BCUT2D eigenvalue weighted by atomic mass is 9.87. The van der Waals surface area contributed by atoms with Gasteiger partial charge in [-0.05, 0) is 59.6 Å². The van der Waals surface area contributed by atoms with Gasteiger partial charge in [0.05, 0.1) is 11.3 Å². The number of benzene rings is 2. The molecular formula is C26H29FN2O3. The number of aliphatic hydroxyl groups excluding tert-OH is 1. The smallest absolute Gasteiger partial charge is 0.282 e. The molecule has 0 spiro atoms. The quantitative estimate of drug-likeness (QED) is 0.733. The number of halogens is 1. The number of hydrogen-bond donors (Lipinski definition) is 1. The molecule has 1 fully saturated rings. The lowest BCUT2D eigenvalue weighted by Gasteiger charge is -2.34. The van der Waals surface area contributed by atoms with E-state index in [1.54, 1.807) is 12.1 Å². The average Bonchev–Trinajstić information content (AvgIpc) is 3.04. The monoisotopic (exact) mass is 436 g/mol. The van der Waals surface area contributed by atoms with Gasteiger partial charge in [-0.15, -0.1) is 0 Å². The number of imide groups is 1. The molecule has 2 amide bonds. The molecule has 0 radical (unpaired) electrons. The third-order valence-electron chi connectivity index (χ3n) is 6.28. The van der Waals surface area contributed by atoms with Crippen LogP contribution in [0.25, 0.3) is 5.57 Å². The van der Waals surface area contributed by atoms with Crippen molar-refractivity contribution < 1.29 is 19.1 Å². The molecule has 0 bridgehead atoms. The molecule has 4 rings (SSSR count). The molecule has 2 aromatic rings. The molecule has 32 heavy (non-hydrogen) atoms. The first-order valence-electron chi connectivity index (χ1n) is 11.1. The number of anilines is 1. The van der Waals surface area contributed by atoms with Crippen LogP contribution in [-0.4, -0.2) is 41.5 Å². The number of nitrogens with zero attached hydrogens (tertiary/aromatic N) is 2. The van der Waals surface area contributed by atoms with Crippen molar-refractivity contribution in [2.24, 2.45) is 5.92 Å². The molecule has 1 saturated heterocycles. The third kappa shape index (κ3) is 4.07. The summed E-state index contributed by atoms with van der Waals surface area (Å²) in [6, 6.07) is 13.1. The van der Waals surface area contributed by atoms with Gasteiger partial charge < -0.3 is 10.0 Å². The lowest BCUT2D eigenvalue weighted by molar-refractivity contribution is -0.120. The topological polar surface area (TPSA) is 60.9 Å². The molecule has 1 unspecified atom stereocenters. The average molecular weight is 437 g/mol. The standard InChI is InChI=1S/C26H29FN2O3/c1-26(2,3)19-8-12-21(13-9-19)29-24(31)22(18-6-10-20(27)11-7-18)23(25(29)32)28-14-4-5-17(15-28)16-30/h6-13,17,30H,4-5,14-16H2,1-3H3. The minimum absolute atomic E-state index is 0.0375. The summed E-state index contributed by atoms with van der Waals surface area (Å²) < 4.78 is 13.6. The van der Waals surface area contributed by atoms with Crippen LogP contribution >= 0.6 is 0 Å². The Morgan fingerprint density at radius 2 is 1.66 bits per heavy atom. The number of aliphatic hydroxyl groups is 1. The summed E-state index contributed by atoms with van der Waals surface area (Å²) in [4.78, 5) is 30.3. The van der Waals surface area contributed by atoms with Gasteiger partial charge in [0, 0.05) is 19.7 Å². The molecule has 2 heterocycles. The molecule has 0 aliphatic carbocycles. The second-order valence-electron chi connectivity index (χ2n) is 9.61. The number of carbonyl (C=O) groups excluding carboxylic acids is 2. The van der Waals surface area contributed by atoms with Crippen molar-refractivity contribution in [2.45, 2.75) is 39.0 Å². The normalized spacial score (nSPS) is 19.8. The van der Waals surface area contributed by atoms with Crippen LogP contribution in [0.5, 0.6) is 0 Å². The Labute approximate surface area is 188 Å². The fourth-order valence-electron chi connectivity index (χ4n) is 4.45. The number of likely N-dealkylation sites (tertiary alicyclic amines) is 1. The highest BCUT2D eigenvalue weighted by Gasteiger charge is 2.43. The van der Waals surface area contributed by atoms with Crippen molar-refractivity contribution in [3.8, 4) is 0 Å². The van der Waals surface area contributed by atoms with E-state index in [0.717, 1.165) is 18.4 Å². The number of carbonyl (C=O) groups is 2. The van der Waals surface area contributed by atoms with E-state index >= 15 is 0 Å². The van der Waals surface area contributed by atoms with E-state index in [2.05, 4.69) is 20.8 Å². The number of piperidine rings is 1. The zero-order valence-electron chi connectivity index (χ0n) is 18.8. The highest BCUT2D eigenvalue weighted by molar-refractivity contribution is 6.45. The summed E-state index contributed by atoms with van der Waals surface area (Å²) >= 11 is 0. The van der Waals surface area contributed by atoms with Gasteiger partial charge in [0.15, 0.2) is 0 Å². The summed E-state index contributed by atoms with van der Waals surface area (Å²) in [6.07, 6.45) is 1.71. The van der Waals surface area contributed by atoms with Crippen molar-refractivity contribution in [2.75, 3.05) is 24.6 Å². The SMILES string of the molecule is CC(C)(C)c1ccc(N2C(=O)C(c3ccc(F)cc3)=C(N3CCCC(CO)C3)C2=O)cc1. The molecule has 1 N–H and O–H groups in total. The zero-order chi connectivity index (χ0) is 23.0. The first-order valence-corrected chi connectivity index (χ1v) is 11.1.